The van der Waals surface area contributed by atoms with Crippen LogP contribution in [0.25, 0.3) is 0 Å². The highest BCUT2D eigenvalue weighted by molar-refractivity contribution is 5.79. The van der Waals surface area contributed by atoms with Crippen LogP contribution in [0.1, 0.15) is 17.5 Å². The van der Waals surface area contributed by atoms with Crippen LogP contribution in [0.2, 0.25) is 0 Å². The van der Waals surface area contributed by atoms with Crippen molar-refractivity contribution >= 4 is 5.91 Å². The first kappa shape index (κ1) is 11.1. The third-order valence-corrected chi connectivity index (χ3v) is 3.03. The lowest BCUT2D eigenvalue weighted by Crippen LogP contribution is -2.38. The molecule has 86 valence electrons. The molecule has 1 aliphatic heterocycles. The SMILES string of the molecule is NC(=O)C(N)CCN1Cc2ccccc2C1. The van der Waals surface area contributed by atoms with E-state index in [1.807, 2.05) is 0 Å². The Morgan fingerprint density at radius 3 is 2.38 bits per heavy atom. The van der Waals surface area contributed by atoms with Gasteiger partial charge in [0.05, 0.1) is 6.04 Å². The molecular weight excluding hydrogens is 202 g/mol. The van der Waals surface area contributed by atoms with Crippen LogP contribution in [0.4, 0.5) is 0 Å². The predicted molar refractivity (Wildman–Crippen MR) is 62.3 cm³/mol. The first-order chi connectivity index (χ1) is 7.66. The summed E-state index contributed by atoms with van der Waals surface area (Å²) in [6, 6.07) is 7.87. The van der Waals surface area contributed by atoms with Crippen molar-refractivity contribution in [2.24, 2.45) is 11.5 Å². The molecule has 1 heterocycles. The highest BCUT2D eigenvalue weighted by atomic mass is 16.1. The van der Waals surface area contributed by atoms with Gasteiger partial charge in [-0.25, -0.2) is 0 Å². The summed E-state index contributed by atoms with van der Waals surface area (Å²) in [7, 11) is 0. The van der Waals surface area contributed by atoms with Crippen LogP contribution in [0, 0.1) is 0 Å². The Kier molecular flexibility index (Phi) is 3.22. The zero-order valence-electron chi connectivity index (χ0n) is 9.23. The maximum absolute atomic E-state index is 10.8. The van der Waals surface area contributed by atoms with E-state index < -0.39 is 11.9 Å². The third kappa shape index (κ3) is 2.40. The van der Waals surface area contributed by atoms with Gasteiger partial charge in [0.15, 0.2) is 0 Å². The van der Waals surface area contributed by atoms with E-state index in [0.717, 1.165) is 19.6 Å². The summed E-state index contributed by atoms with van der Waals surface area (Å²) in [4.78, 5) is 13.1. The minimum absolute atomic E-state index is 0.420. The van der Waals surface area contributed by atoms with Gasteiger partial charge >= 0.3 is 0 Å². The molecular formula is C12H17N3O. The van der Waals surface area contributed by atoms with Crippen molar-refractivity contribution in [3.05, 3.63) is 35.4 Å². The fraction of sp³-hybridized carbons (Fsp3) is 0.417. The zero-order chi connectivity index (χ0) is 11.5. The minimum atomic E-state index is -0.524. The van der Waals surface area contributed by atoms with Crippen molar-refractivity contribution in [3.63, 3.8) is 0 Å². The van der Waals surface area contributed by atoms with Crippen molar-refractivity contribution in [2.75, 3.05) is 6.54 Å². The Morgan fingerprint density at radius 1 is 1.31 bits per heavy atom. The standard InChI is InChI=1S/C12H17N3O/c13-11(12(14)16)5-6-15-7-9-3-1-2-4-10(9)8-15/h1-4,11H,5-8,13H2,(H2,14,16). The maximum Gasteiger partial charge on any atom is 0.234 e. The van der Waals surface area contributed by atoms with Gasteiger partial charge in [0.2, 0.25) is 5.91 Å². The quantitative estimate of drug-likeness (QED) is 0.760. The van der Waals surface area contributed by atoms with Crippen molar-refractivity contribution < 1.29 is 4.79 Å². The van der Waals surface area contributed by atoms with Gasteiger partial charge in [-0.2, -0.15) is 0 Å². The number of hydrogen-bond acceptors (Lipinski definition) is 3. The Labute approximate surface area is 95.2 Å². The Hall–Kier alpha value is -1.39. The summed E-state index contributed by atoms with van der Waals surface area (Å²) < 4.78 is 0. The van der Waals surface area contributed by atoms with Crippen molar-refractivity contribution in [2.45, 2.75) is 25.6 Å². The van der Waals surface area contributed by atoms with Gasteiger partial charge < -0.3 is 11.5 Å². The molecule has 1 atom stereocenters. The second kappa shape index (κ2) is 4.63. The van der Waals surface area contributed by atoms with Crippen LogP contribution in [-0.2, 0) is 17.9 Å². The van der Waals surface area contributed by atoms with Crippen LogP contribution in [0.15, 0.2) is 24.3 Å². The highest BCUT2D eigenvalue weighted by Crippen LogP contribution is 2.22. The number of carbonyl (C=O) groups excluding carboxylic acids is 1. The van der Waals surface area contributed by atoms with Crippen LogP contribution in [-0.4, -0.2) is 23.4 Å². The number of hydrogen-bond donors (Lipinski definition) is 2. The molecule has 0 bridgehead atoms. The molecule has 1 aromatic carbocycles. The monoisotopic (exact) mass is 219 g/mol. The molecule has 0 aromatic heterocycles. The summed E-state index contributed by atoms with van der Waals surface area (Å²) in [6.07, 6.45) is 0.628. The highest BCUT2D eigenvalue weighted by Gasteiger charge is 2.19. The lowest BCUT2D eigenvalue weighted by atomic mass is 10.1. The molecule has 0 saturated heterocycles. The van der Waals surface area contributed by atoms with E-state index in [4.69, 9.17) is 11.5 Å². The number of primary amides is 1. The lowest BCUT2D eigenvalue weighted by Gasteiger charge is -2.16. The molecule has 0 aliphatic carbocycles. The summed E-state index contributed by atoms with van der Waals surface area (Å²) in [5.41, 5.74) is 13.5. The van der Waals surface area contributed by atoms with E-state index in [-0.39, 0.29) is 0 Å². The molecule has 0 spiro atoms. The summed E-state index contributed by atoms with van der Waals surface area (Å²) in [5, 5.41) is 0. The molecule has 4 nitrogen and oxygen atoms in total. The molecule has 1 amide bonds. The maximum atomic E-state index is 10.8. The second-order valence-corrected chi connectivity index (χ2v) is 4.28. The van der Waals surface area contributed by atoms with Crippen LogP contribution in [0.5, 0.6) is 0 Å². The van der Waals surface area contributed by atoms with Gasteiger partial charge in [-0.15, -0.1) is 0 Å². The fourth-order valence-electron chi connectivity index (χ4n) is 2.03. The van der Waals surface area contributed by atoms with Gasteiger partial charge in [0.25, 0.3) is 0 Å². The summed E-state index contributed by atoms with van der Waals surface area (Å²) in [5.74, 6) is -0.420. The molecule has 4 N–H and O–H groups in total. The van der Waals surface area contributed by atoms with E-state index in [2.05, 4.69) is 29.2 Å². The van der Waals surface area contributed by atoms with Crippen LogP contribution < -0.4 is 11.5 Å². The van der Waals surface area contributed by atoms with Gasteiger partial charge in [-0.1, -0.05) is 24.3 Å². The average Bonchev–Trinajstić information content (AvgIpc) is 2.68. The number of carbonyl (C=O) groups is 1. The molecule has 1 unspecified atom stereocenters. The van der Waals surface area contributed by atoms with Gasteiger partial charge in [0, 0.05) is 19.6 Å². The first-order valence-corrected chi connectivity index (χ1v) is 5.51. The number of nitrogens with zero attached hydrogens (tertiary/aromatic N) is 1. The largest absolute Gasteiger partial charge is 0.368 e. The van der Waals surface area contributed by atoms with E-state index in [1.54, 1.807) is 0 Å². The Balaban J connectivity index is 1.86. The molecule has 16 heavy (non-hydrogen) atoms. The van der Waals surface area contributed by atoms with E-state index in [1.165, 1.54) is 11.1 Å². The third-order valence-electron chi connectivity index (χ3n) is 3.03. The van der Waals surface area contributed by atoms with Gasteiger partial charge in [0.1, 0.15) is 0 Å². The number of amides is 1. The van der Waals surface area contributed by atoms with Crippen LogP contribution in [0.3, 0.4) is 0 Å². The van der Waals surface area contributed by atoms with E-state index in [0.29, 0.717) is 6.42 Å². The van der Waals surface area contributed by atoms with Gasteiger partial charge in [-0.05, 0) is 17.5 Å². The molecule has 2 rings (SSSR count). The minimum Gasteiger partial charge on any atom is -0.368 e. The van der Waals surface area contributed by atoms with Crippen molar-refractivity contribution in [3.8, 4) is 0 Å². The first-order valence-electron chi connectivity index (χ1n) is 5.51. The van der Waals surface area contributed by atoms with Gasteiger partial charge in [-0.3, -0.25) is 9.69 Å². The van der Waals surface area contributed by atoms with E-state index >= 15 is 0 Å². The van der Waals surface area contributed by atoms with Crippen LogP contribution >= 0.6 is 0 Å². The number of benzene rings is 1. The number of nitrogens with two attached hydrogens (primary N) is 2. The fourth-order valence-corrected chi connectivity index (χ4v) is 2.03. The number of rotatable bonds is 4. The Morgan fingerprint density at radius 2 is 1.88 bits per heavy atom. The topological polar surface area (TPSA) is 72.3 Å². The van der Waals surface area contributed by atoms with Crippen molar-refractivity contribution in [1.82, 2.24) is 4.90 Å². The Bertz CT molecular complexity index is 367. The molecule has 4 heteroatoms. The molecule has 1 aliphatic rings. The summed E-state index contributed by atoms with van der Waals surface area (Å²) in [6.45, 7) is 2.71. The molecule has 0 fully saturated rings. The lowest BCUT2D eigenvalue weighted by molar-refractivity contribution is -0.119. The zero-order valence-corrected chi connectivity index (χ0v) is 9.23. The number of fused-ring (bicyclic) bond motifs is 1. The smallest absolute Gasteiger partial charge is 0.234 e. The average molecular weight is 219 g/mol. The summed E-state index contributed by atoms with van der Waals surface area (Å²) >= 11 is 0. The molecule has 0 radical (unpaired) electrons. The van der Waals surface area contributed by atoms with E-state index in [9.17, 15) is 4.79 Å². The second-order valence-electron chi connectivity index (χ2n) is 4.28. The predicted octanol–water partition coefficient (Wildman–Crippen LogP) is 0.205. The molecule has 0 saturated carbocycles. The normalized spacial score (nSPS) is 17.1. The molecule has 1 aromatic rings. The van der Waals surface area contributed by atoms with Crippen molar-refractivity contribution in [1.29, 1.82) is 0 Å².